The third-order valence-corrected chi connectivity index (χ3v) is 2.43. The van der Waals surface area contributed by atoms with Crippen LogP contribution in [-0.4, -0.2) is 26.8 Å². The van der Waals surface area contributed by atoms with Crippen LogP contribution in [-0.2, 0) is 4.74 Å². The first-order valence-electron chi connectivity index (χ1n) is 5.53. The molecule has 0 aliphatic carbocycles. The van der Waals surface area contributed by atoms with Crippen molar-refractivity contribution < 1.29 is 19.0 Å². The van der Waals surface area contributed by atoms with Gasteiger partial charge in [-0.2, -0.15) is 0 Å². The number of hydrogen-bond donors (Lipinski definition) is 0. The topological polar surface area (TPSA) is 44.8 Å². The minimum Gasteiger partial charge on any atom is -0.496 e. The van der Waals surface area contributed by atoms with Crippen LogP contribution in [0, 0.1) is 6.92 Å². The molecule has 0 saturated heterocycles. The van der Waals surface area contributed by atoms with Gasteiger partial charge in [0.15, 0.2) is 0 Å². The van der Waals surface area contributed by atoms with E-state index in [4.69, 9.17) is 14.2 Å². The smallest absolute Gasteiger partial charge is 0.338 e. The fraction of sp³-hybridized carbons (Fsp3) is 0.462. The highest BCUT2D eigenvalue weighted by Gasteiger charge is 2.14. The summed E-state index contributed by atoms with van der Waals surface area (Å²) in [6, 6.07) is 3.33. The lowest BCUT2D eigenvalue weighted by molar-refractivity contribution is 0.0504. The number of ether oxygens (including phenoxy) is 3. The normalized spacial score (nSPS) is 9.88. The molecule has 0 heterocycles. The highest BCUT2D eigenvalue weighted by molar-refractivity contribution is 5.90. The van der Waals surface area contributed by atoms with E-state index in [1.54, 1.807) is 26.4 Å². The number of carbonyl (C=O) groups excluding carboxylic acids is 1. The monoisotopic (exact) mass is 238 g/mol. The van der Waals surface area contributed by atoms with Crippen molar-refractivity contribution in [2.45, 2.75) is 20.3 Å². The molecule has 1 rings (SSSR count). The lowest BCUT2D eigenvalue weighted by Crippen LogP contribution is -2.07. The van der Waals surface area contributed by atoms with Crippen molar-refractivity contribution in [3.8, 4) is 11.5 Å². The summed E-state index contributed by atoms with van der Waals surface area (Å²) in [5.74, 6) is 0.879. The summed E-state index contributed by atoms with van der Waals surface area (Å²) in [5.41, 5.74) is 1.31. The van der Waals surface area contributed by atoms with E-state index in [0.29, 0.717) is 23.7 Å². The van der Waals surface area contributed by atoms with E-state index < -0.39 is 0 Å². The van der Waals surface area contributed by atoms with E-state index in [9.17, 15) is 4.79 Å². The molecule has 0 unspecified atom stereocenters. The van der Waals surface area contributed by atoms with Gasteiger partial charge in [0.25, 0.3) is 0 Å². The van der Waals surface area contributed by atoms with Crippen LogP contribution in [0.5, 0.6) is 11.5 Å². The maximum atomic E-state index is 11.7. The van der Waals surface area contributed by atoms with Crippen LogP contribution in [0.3, 0.4) is 0 Å². The van der Waals surface area contributed by atoms with Gasteiger partial charge in [0.05, 0.1) is 26.4 Å². The Morgan fingerprint density at radius 2 is 1.71 bits per heavy atom. The largest absolute Gasteiger partial charge is 0.496 e. The molecular formula is C13H18O4. The van der Waals surface area contributed by atoms with Crippen LogP contribution >= 0.6 is 0 Å². The van der Waals surface area contributed by atoms with Gasteiger partial charge in [-0.3, -0.25) is 0 Å². The molecule has 0 spiro atoms. The number of methoxy groups -OCH3 is 2. The molecule has 1 aromatic rings. The van der Waals surface area contributed by atoms with Gasteiger partial charge in [0, 0.05) is 5.56 Å². The maximum Gasteiger partial charge on any atom is 0.338 e. The van der Waals surface area contributed by atoms with Gasteiger partial charge in [-0.15, -0.1) is 0 Å². The van der Waals surface area contributed by atoms with Crippen LogP contribution in [0.1, 0.15) is 29.3 Å². The van der Waals surface area contributed by atoms with E-state index in [2.05, 4.69) is 0 Å². The second kappa shape index (κ2) is 6.13. The standard InChI is InChI=1S/C13H18O4/c1-5-6-17-13(14)10-7-11(15-3)9(2)12(8-10)16-4/h7-8H,5-6H2,1-4H3. The molecule has 94 valence electrons. The molecule has 0 bridgehead atoms. The third-order valence-electron chi connectivity index (χ3n) is 2.43. The summed E-state index contributed by atoms with van der Waals surface area (Å²) in [7, 11) is 3.12. The Morgan fingerprint density at radius 1 is 1.18 bits per heavy atom. The predicted octanol–water partition coefficient (Wildman–Crippen LogP) is 2.58. The summed E-state index contributed by atoms with van der Waals surface area (Å²) < 4.78 is 15.5. The summed E-state index contributed by atoms with van der Waals surface area (Å²) in [5, 5.41) is 0. The van der Waals surface area contributed by atoms with Gasteiger partial charge in [-0.25, -0.2) is 4.79 Å². The summed E-state index contributed by atoms with van der Waals surface area (Å²) in [6.45, 7) is 4.24. The van der Waals surface area contributed by atoms with E-state index in [0.717, 1.165) is 12.0 Å². The van der Waals surface area contributed by atoms with Crippen molar-refractivity contribution in [2.24, 2.45) is 0 Å². The quantitative estimate of drug-likeness (QED) is 0.739. The van der Waals surface area contributed by atoms with Gasteiger partial charge in [0.2, 0.25) is 0 Å². The second-order valence-corrected chi connectivity index (χ2v) is 3.64. The number of benzene rings is 1. The molecule has 0 amide bonds. The Hall–Kier alpha value is -1.71. The Balaban J connectivity index is 3.04. The molecule has 0 N–H and O–H groups in total. The van der Waals surface area contributed by atoms with Gasteiger partial charge < -0.3 is 14.2 Å². The third kappa shape index (κ3) is 3.12. The number of carbonyl (C=O) groups is 1. The Morgan fingerprint density at radius 3 is 2.12 bits per heavy atom. The molecule has 0 aromatic heterocycles. The van der Waals surface area contributed by atoms with Gasteiger partial charge >= 0.3 is 5.97 Å². The minimum absolute atomic E-state index is 0.358. The Labute approximate surface area is 101 Å². The lowest BCUT2D eigenvalue weighted by atomic mass is 10.1. The molecule has 0 aliphatic rings. The van der Waals surface area contributed by atoms with Crippen LogP contribution in [0.4, 0.5) is 0 Å². The highest BCUT2D eigenvalue weighted by Crippen LogP contribution is 2.29. The van der Waals surface area contributed by atoms with Crippen LogP contribution in [0.2, 0.25) is 0 Å². The van der Waals surface area contributed by atoms with Crippen molar-refractivity contribution >= 4 is 5.97 Å². The van der Waals surface area contributed by atoms with Crippen LogP contribution in [0.25, 0.3) is 0 Å². The Bertz CT molecular complexity index is 373. The van der Waals surface area contributed by atoms with Gasteiger partial charge in [-0.1, -0.05) is 6.92 Å². The molecule has 0 saturated carbocycles. The van der Waals surface area contributed by atoms with E-state index >= 15 is 0 Å². The van der Waals surface area contributed by atoms with E-state index in [-0.39, 0.29) is 5.97 Å². The minimum atomic E-state index is -0.358. The Kier molecular flexibility index (Phi) is 4.82. The van der Waals surface area contributed by atoms with Gasteiger partial charge in [-0.05, 0) is 25.5 Å². The number of hydrogen-bond acceptors (Lipinski definition) is 4. The van der Waals surface area contributed by atoms with Crippen molar-refractivity contribution in [3.63, 3.8) is 0 Å². The predicted molar refractivity (Wildman–Crippen MR) is 64.9 cm³/mol. The van der Waals surface area contributed by atoms with Crippen molar-refractivity contribution in [1.82, 2.24) is 0 Å². The number of rotatable bonds is 5. The zero-order valence-electron chi connectivity index (χ0n) is 10.7. The lowest BCUT2D eigenvalue weighted by Gasteiger charge is -2.12. The van der Waals surface area contributed by atoms with E-state index in [1.165, 1.54) is 0 Å². The molecule has 1 aromatic carbocycles. The zero-order valence-corrected chi connectivity index (χ0v) is 10.7. The fourth-order valence-electron chi connectivity index (χ4n) is 1.48. The average Bonchev–Trinajstić information content (AvgIpc) is 2.36. The molecule has 17 heavy (non-hydrogen) atoms. The summed E-state index contributed by atoms with van der Waals surface area (Å²) in [6.07, 6.45) is 0.797. The molecular weight excluding hydrogens is 220 g/mol. The van der Waals surface area contributed by atoms with Crippen molar-refractivity contribution in [1.29, 1.82) is 0 Å². The second-order valence-electron chi connectivity index (χ2n) is 3.64. The number of esters is 1. The van der Waals surface area contributed by atoms with Crippen LogP contribution < -0.4 is 9.47 Å². The first-order chi connectivity index (χ1) is 8.13. The van der Waals surface area contributed by atoms with Crippen LogP contribution in [0.15, 0.2) is 12.1 Å². The zero-order chi connectivity index (χ0) is 12.8. The highest BCUT2D eigenvalue weighted by atomic mass is 16.5. The average molecular weight is 238 g/mol. The van der Waals surface area contributed by atoms with Crippen molar-refractivity contribution in [2.75, 3.05) is 20.8 Å². The fourth-order valence-corrected chi connectivity index (χ4v) is 1.48. The molecule has 0 atom stereocenters. The molecule has 0 radical (unpaired) electrons. The van der Waals surface area contributed by atoms with E-state index in [1.807, 2.05) is 13.8 Å². The summed E-state index contributed by atoms with van der Waals surface area (Å²) in [4.78, 5) is 11.7. The first kappa shape index (κ1) is 13.4. The van der Waals surface area contributed by atoms with Gasteiger partial charge in [0.1, 0.15) is 11.5 Å². The van der Waals surface area contributed by atoms with Crippen molar-refractivity contribution in [3.05, 3.63) is 23.3 Å². The summed E-state index contributed by atoms with van der Waals surface area (Å²) >= 11 is 0. The molecule has 4 nitrogen and oxygen atoms in total. The first-order valence-corrected chi connectivity index (χ1v) is 5.53. The molecule has 0 aliphatic heterocycles. The maximum absolute atomic E-state index is 11.7. The molecule has 0 fully saturated rings. The SMILES string of the molecule is CCCOC(=O)c1cc(OC)c(C)c(OC)c1. The molecule has 4 heteroatoms.